The number of hydrogen-bond acceptors (Lipinski definition) is 0. The first kappa shape index (κ1) is 31.4. The average Bonchev–Trinajstić information content (AvgIpc) is 2.27. The summed E-state index contributed by atoms with van der Waals surface area (Å²) in [5, 5.41) is 1.16. The van der Waals surface area contributed by atoms with E-state index in [1.54, 1.807) is 0 Å². The van der Waals surface area contributed by atoms with Gasteiger partial charge in [0.1, 0.15) is 0 Å². The molecule has 0 N–H and O–H groups in total. The minimum atomic E-state index is -2.10. The normalized spacial score (nSPS) is 16.6. The fourth-order valence-corrected chi connectivity index (χ4v) is 100. The summed E-state index contributed by atoms with van der Waals surface area (Å²) < 4.78 is 0. The third-order valence-corrected chi connectivity index (χ3v) is 67.1. The van der Waals surface area contributed by atoms with Crippen molar-refractivity contribution < 1.29 is 0 Å². The van der Waals surface area contributed by atoms with Crippen molar-refractivity contribution in [1.82, 2.24) is 0 Å². The Morgan fingerprint density at radius 2 is 0.433 bits per heavy atom. The highest BCUT2D eigenvalue weighted by atomic mass is 35.6. The Morgan fingerprint density at radius 3 is 0.500 bits per heavy atom. The molecule has 0 heterocycles. The zero-order chi connectivity index (χ0) is 25.2. The van der Waals surface area contributed by atoms with Crippen LogP contribution in [0.3, 0.4) is 0 Å². The zero-order valence-corrected chi connectivity index (χ0v) is 29.3. The molecule has 0 nitrogen and oxygen atoms in total. The van der Waals surface area contributed by atoms with Gasteiger partial charge in [-0.05, 0) is 30.2 Å². The van der Waals surface area contributed by atoms with Crippen LogP contribution in [0.5, 0.6) is 0 Å². The standard InChI is InChI=1S/C24H54Cl2Si4/c1-19(2,3)29(20(4,5)6,21(7,8)9)27(25)28(26)30(22(10,11)12,23(13,14)15)24(16,17)18/h1-18H3. The second-order valence-electron chi connectivity index (χ2n) is 15.6. The van der Waals surface area contributed by atoms with Gasteiger partial charge >= 0.3 is 0 Å². The molecule has 0 aliphatic heterocycles. The topological polar surface area (TPSA) is 0 Å². The Bertz CT molecular complexity index is 462. The highest BCUT2D eigenvalue weighted by Crippen LogP contribution is 2.68. The van der Waals surface area contributed by atoms with Crippen LogP contribution in [0.2, 0.25) is 30.2 Å². The first-order valence-corrected chi connectivity index (χ1v) is 23.7. The summed E-state index contributed by atoms with van der Waals surface area (Å²) in [5.41, 5.74) is 0. The molecule has 0 unspecified atom stereocenters. The Hall–Kier alpha value is 1.45. The third-order valence-electron chi connectivity index (χ3n) is 7.60. The molecular weight excluding hydrogens is 472 g/mol. The summed E-state index contributed by atoms with van der Waals surface area (Å²) in [5.74, 6) is 0. The van der Waals surface area contributed by atoms with Crippen LogP contribution in [-0.2, 0) is 0 Å². The van der Waals surface area contributed by atoms with E-state index in [9.17, 15) is 0 Å². The van der Waals surface area contributed by atoms with E-state index >= 15 is 0 Å². The molecule has 0 atom stereocenters. The maximum Gasteiger partial charge on any atom is 0.160 e. The fourth-order valence-electron chi connectivity index (χ4n) is 9.05. The van der Waals surface area contributed by atoms with Gasteiger partial charge in [-0.1, -0.05) is 125 Å². The Kier molecular flexibility index (Phi) is 9.00. The SMILES string of the molecule is CC(C)(C)[Si]([Si](Cl)[Si](Cl)[Si](C(C)(C)C)(C(C)(C)C)C(C)(C)C)(C(C)(C)C)C(C)(C)C. The van der Waals surface area contributed by atoms with Crippen LogP contribution in [0, 0.1) is 0 Å². The van der Waals surface area contributed by atoms with Crippen LogP contribution in [0.25, 0.3) is 0 Å². The average molecular weight is 526 g/mol. The predicted molar refractivity (Wildman–Crippen MR) is 153 cm³/mol. The quantitative estimate of drug-likeness (QED) is 0.254. The molecule has 0 spiro atoms. The molecular formula is C24H54Cl2Si4. The fraction of sp³-hybridized carbons (Fsp3) is 1.00. The minimum absolute atomic E-state index is 0.193. The lowest BCUT2D eigenvalue weighted by Crippen LogP contribution is -2.79. The van der Waals surface area contributed by atoms with Gasteiger partial charge in [-0.25, -0.2) is 0 Å². The summed E-state index contributed by atoms with van der Waals surface area (Å²) in [6.45, 7) is 44.6. The van der Waals surface area contributed by atoms with Gasteiger partial charge in [-0.2, -0.15) is 22.2 Å². The van der Waals surface area contributed by atoms with Crippen molar-refractivity contribution >= 4 is 51.6 Å². The van der Waals surface area contributed by atoms with Crippen molar-refractivity contribution in [3.63, 3.8) is 0 Å². The molecule has 0 saturated carbocycles. The van der Waals surface area contributed by atoms with E-state index in [1.165, 1.54) is 0 Å². The maximum absolute atomic E-state index is 8.02. The van der Waals surface area contributed by atoms with E-state index in [2.05, 4.69) is 125 Å². The Morgan fingerprint density at radius 1 is 0.333 bits per heavy atom. The number of rotatable bonds is 3. The van der Waals surface area contributed by atoms with Gasteiger partial charge in [-0.15, -0.1) is 0 Å². The second-order valence-corrected chi connectivity index (χ2v) is 48.5. The third kappa shape index (κ3) is 4.67. The lowest BCUT2D eigenvalue weighted by atomic mass is 10.2. The van der Waals surface area contributed by atoms with Crippen LogP contribution < -0.4 is 0 Å². The van der Waals surface area contributed by atoms with Gasteiger partial charge in [0.2, 0.25) is 0 Å². The van der Waals surface area contributed by atoms with Gasteiger partial charge in [0, 0.05) is 0 Å². The van der Waals surface area contributed by atoms with Crippen molar-refractivity contribution in [3.8, 4) is 0 Å². The minimum Gasteiger partial charge on any atom is -0.175 e. The number of hydrogen-bond donors (Lipinski definition) is 0. The van der Waals surface area contributed by atoms with Crippen LogP contribution in [0.4, 0.5) is 0 Å². The molecule has 180 valence electrons. The molecule has 0 rings (SSSR count). The van der Waals surface area contributed by atoms with Gasteiger partial charge in [0.15, 0.2) is 14.3 Å². The molecule has 0 aliphatic rings. The molecule has 0 fully saturated rings. The molecule has 0 bridgehead atoms. The summed E-state index contributed by atoms with van der Waals surface area (Å²) in [6.07, 6.45) is 0. The van der Waals surface area contributed by atoms with E-state index in [-0.39, 0.29) is 30.2 Å². The van der Waals surface area contributed by atoms with E-state index in [4.69, 9.17) is 22.2 Å². The molecule has 30 heavy (non-hydrogen) atoms. The van der Waals surface area contributed by atoms with Crippen LogP contribution in [0.1, 0.15) is 125 Å². The lowest BCUT2D eigenvalue weighted by molar-refractivity contribution is 0.552. The Balaban J connectivity index is 7.55. The lowest BCUT2D eigenvalue weighted by Gasteiger charge is -2.66. The van der Waals surface area contributed by atoms with Crippen molar-refractivity contribution in [3.05, 3.63) is 0 Å². The summed E-state index contributed by atoms with van der Waals surface area (Å²) in [4.78, 5) is 0. The van der Waals surface area contributed by atoms with E-state index < -0.39 is 29.5 Å². The van der Waals surface area contributed by atoms with Crippen molar-refractivity contribution in [2.24, 2.45) is 0 Å². The van der Waals surface area contributed by atoms with E-state index in [0.29, 0.717) is 0 Å². The van der Waals surface area contributed by atoms with Crippen LogP contribution in [-0.4, -0.2) is 29.5 Å². The largest absolute Gasteiger partial charge is 0.175 e. The van der Waals surface area contributed by atoms with Gasteiger partial charge in [0.25, 0.3) is 0 Å². The van der Waals surface area contributed by atoms with Crippen molar-refractivity contribution in [1.29, 1.82) is 0 Å². The smallest absolute Gasteiger partial charge is 0.160 e. The molecule has 6 heteroatoms. The van der Waals surface area contributed by atoms with Crippen LogP contribution in [0.15, 0.2) is 0 Å². The van der Waals surface area contributed by atoms with Crippen molar-refractivity contribution in [2.45, 2.75) is 155 Å². The highest BCUT2D eigenvalue weighted by Gasteiger charge is 2.73. The highest BCUT2D eigenvalue weighted by molar-refractivity contribution is 7.91. The van der Waals surface area contributed by atoms with Gasteiger partial charge in [-0.3, -0.25) is 0 Å². The maximum atomic E-state index is 8.02. The first-order chi connectivity index (χ1) is 12.6. The molecule has 2 radical (unpaired) electrons. The predicted octanol–water partition coefficient (Wildman–Crippen LogP) is 10.4. The number of halogens is 2. The monoisotopic (exact) mass is 524 g/mol. The zero-order valence-electron chi connectivity index (χ0n) is 23.8. The first-order valence-electron chi connectivity index (χ1n) is 11.6. The summed E-state index contributed by atoms with van der Waals surface area (Å²) >= 11 is 16.0. The molecule has 0 saturated heterocycles. The summed E-state index contributed by atoms with van der Waals surface area (Å²) in [7, 11) is -6.80. The van der Waals surface area contributed by atoms with Crippen molar-refractivity contribution in [2.75, 3.05) is 0 Å². The molecule has 0 amide bonds. The summed E-state index contributed by atoms with van der Waals surface area (Å²) in [6, 6.07) is 0. The molecule has 0 aromatic rings. The van der Waals surface area contributed by atoms with E-state index in [0.717, 1.165) is 0 Å². The van der Waals surface area contributed by atoms with Gasteiger partial charge < -0.3 is 0 Å². The van der Waals surface area contributed by atoms with Crippen LogP contribution >= 0.6 is 22.2 Å². The second kappa shape index (κ2) is 8.59. The van der Waals surface area contributed by atoms with E-state index in [1.807, 2.05) is 0 Å². The molecule has 0 aromatic carbocycles. The van der Waals surface area contributed by atoms with Gasteiger partial charge in [0.05, 0.1) is 15.2 Å². The molecule has 0 aliphatic carbocycles. The Labute approximate surface area is 205 Å². The molecule has 0 aromatic heterocycles.